The maximum atomic E-state index is 11.4. The molecule has 1 aromatic rings. The van der Waals surface area contributed by atoms with E-state index >= 15 is 0 Å². The lowest BCUT2D eigenvalue weighted by Crippen LogP contribution is -2.34. The summed E-state index contributed by atoms with van der Waals surface area (Å²) in [6, 6.07) is 2.83. The highest BCUT2D eigenvalue weighted by atomic mass is 16.5. The highest BCUT2D eigenvalue weighted by Crippen LogP contribution is 2.32. The van der Waals surface area contributed by atoms with Gasteiger partial charge in [-0.15, -0.1) is 0 Å². The number of rotatable bonds is 10. The first-order chi connectivity index (χ1) is 11.5. The summed E-state index contributed by atoms with van der Waals surface area (Å²) in [7, 11) is 3.22. The molecule has 0 radical (unpaired) electrons. The number of likely N-dealkylation sites (N-methyl/N-ethyl adjacent to an activating group) is 1. The second-order valence-electron chi connectivity index (χ2n) is 5.36. The molecule has 0 bridgehead atoms. The Morgan fingerprint density at radius 1 is 1.33 bits per heavy atom. The third-order valence-electron chi connectivity index (χ3n) is 3.88. The Kier molecular flexibility index (Phi) is 7.61. The Hall–Kier alpha value is -2.70. The molecule has 130 valence electrons. The highest BCUT2D eigenvalue weighted by molar-refractivity contribution is 5.77. The van der Waals surface area contributed by atoms with E-state index in [0.29, 0.717) is 18.6 Å². The second kappa shape index (κ2) is 9.44. The molecule has 0 saturated heterocycles. The third-order valence-corrected chi connectivity index (χ3v) is 3.88. The van der Waals surface area contributed by atoms with E-state index in [9.17, 15) is 19.2 Å². The fraction of sp³-hybridized carbons (Fsp3) is 0.412. The van der Waals surface area contributed by atoms with Crippen LogP contribution in [0.1, 0.15) is 24.0 Å². The van der Waals surface area contributed by atoms with Crippen molar-refractivity contribution < 1.29 is 23.9 Å². The average molecular weight is 334 g/mol. The summed E-state index contributed by atoms with van der Waals surface area (Å²) in [5.41, 5.74) is 2.13. The van der Waals surface area contributed by atoms with Crippen LogP contribution in [0.2, 0.25) is 0 Å². The first-order valence-electron chi connectivity index (χ1n) is 7.54. The zero-order valence-electron chi connectivity index (χ0n) is 14.1. The molecule has 0 aliphatic carbocycles. The van der Waals surface area contributed by atoms with Gasteiger partial charge in [0.15, 0.2) is 5.75 Å². The molecule has 24 heavy (non-hydrogen) atoms. The van der Waals surface area contributed by atoms with Crippen LogP contribution in [0.15, 0.2) is 12.1 Å². The minimum absolute atomic E-state index is 0.155. The molecule has 0 spiro atoms. The van der Waals surface area contributed by atoms with E-state index < -0.39 is 6.04 Å². The summed E-state index contributed by atoms with van der Waals surface area (Å²) in [5.74, 6) is 0.110. The van der Waals surface area contributed by atoms with Crippen LogP contribution in [0.4, 0.5) is 5.69 Å². The molecule has 7 nitrogen and oxygen atoms in total. The predicted octanol–water partition coefficient (Wildman–Crippen LogP) is 0.802. The first kappa shape index (κ1) is 19.3. The second-order valence-corrected chi connectivity index (χ2v) is 5.36. The first-order valence-corrected chi connectivity index (χ1v) is 7.54. The summed E-state index contributed by atoms with van der Waals surface area (Å²) in [4.78, 5) is 46.0. The van der Waals surface area contributed by atoms with Crippen molar-refractivity contribution in [3.05, 3.63) is 23.3 Å². The van der Waals surface area contributed by atoms with Gasteiger partial charge >= 0.3 is 0 Å². The van der Waals surface area contributed by atoms with Crippen molar-refractivity contribution in [1.29, 1.82) is 0 Å². The van der Waals surface area contributed by atoms with Crippen LogP contribution in [0, 0.1) is 6.92 Å². The minimum atomic E-state index is -0.548. The van der Waals surface area contributed by atoms with Crippen LogP contribution in [-0.4, -0.2) is 45.1 Å². The van der Waals surface area contributed by atoms with E-state index in [4.69, 9.17) is 4.74 Å². The lowest BCUT2D eigenvalue weighted by atomic mass is 10.0. The normalized spacial score (nSPS) is 11.3. The lowest BCUT2D eigenvalue weighted by molar-refractivity contribution is -0.121. The molecule has 0 saturated carbocycles. The number of ether oxygens (including phenoxy) is 1. The number of hydrogen-bond donors (Lipinski definition) is 1. The van der Waals surface area contributed by atoms with E-state index in [0.717, 1.165) is 23.7 Å². The summed E-state index contributed by atoms with van der Waals surface area (Å²) in [6.07, 6.45) is 2.26. The van der Waals surface area contributed by atoms with E-state index in [-0.39, 0.29) is 24.5 Å². The number of benzene rings is 1. The Labute approximate surface area is 141 Å². The van der Waals surface area contributed by atoms with Crippen molar-refractivity contribution in [2.24, 2.45) is 0 Å². The SMILES string of the molecule is CNC(=O)CCC(C=O)N(C)c1cc(C)c(CC=O)cc1OC=O. The van der Waals surface area contributed by atoms with Crippen molar-refractivity contribution in [1.82, 2.24) is 5.32 Å². The highest BCUT2D eigenvalue weighted by Gasteiger charge is 2.20. The Bertz CT molecular complexity index is 615. The number of carbonyl (C=O) groups is 4. The van der Waals surface area contributed by atoms with Gasteiger partial charge in [0.25, 0.3) is 6.47 Å². The van der Waals surface area contributed by atoms with Gasteiger partial charge in [-0.25, -0.2) is 0 Å². The zero-order chi connectivity index (χ0) is 18.1. The molecule has 1 rings (SSSR count). The van der Waals surface area contributed by atoms with Crippen molar-refractivity contribution >= 4 is 30.6 Å². The van der Waals surface area contributed by atoms with Gasteiger partial charge in [0, 0.05) is 26.9 Å². The van der Waals surface area contributed by atoms with Crippen molar-refractivity contribution in [2.75, 3.05) is 19.0 Å². The number of carbonyl (C=O) groups excluding carboxylic acids is 4. The Morgan fingerprint density at radius 3 is 2.58 bits per heavy atom. The van der Waals surface area contributed by atoms with Gasteiger partial charge in [-0.3, -0.25) is 9.59 Å². The van der Waals surface area contributed by atoms with Crippen molar-refractivity contribution in [2.45, 2.75) is 32.2 Å². The van der Waals surface area contributed by atoms with Gasteiger partial charge in [-0.05, 0) is 36.6 Å². The molecule has 0 fully saturated rings. The molecule has 1 atom stereocenters. The van der Waals surface area contributed by atoms with Gasteiger partial charge in [0.05, 0.1) is 11.7 Å². The average Bonchev–Trinajstić information content (AvgIpc) is 2.58. The Balaban J connectivity index is 3.13. The van der Waals surface area contributed by atoms with Gasteiger partial charge < -0.3 is 24.5 Å². The molecule has 0 heterocycles. The number of amides is 1. The van der Waals surface area contributed by atoms with E-state index in [1.807, 2.05) is 6.92 Å². The molecular weight excluding hydrogens is 312 g/mol. The van der Waals surface area contributed by atoms with Crippen LogP contribution < -0.4 is 15.0 Å². The smallest absolute Gasteiger partial charge is 0.298 e. The van der Waals surface area contributed by atoms with Crippen LogP contribution in [0.3, 0.4) is 0 Å². The molecule has 0 aliphatic rings. The van der Waals surface area contributed by atoms with Crippen molar-refractivity contribution in [3.63, 3.8) is 0 Å². The summed E-state index contributed by atoms with van der Waals surface area (Å²) in [6.45, 7) is 2.13. The third kappa shape index (κ3) is 4.91. The van der Waals surface area contributed by atoms with Crippen LogP contribution >= 0.6 is 0 Å². The molecule has 7 heteroatoms. The molecule has 0 aromatic heterocycles. The number of aryl methyl sites for hydroxylation is 1. The standard InChI is InChI=1S/C17H22N2O5/c1-12-8-15(16(24-11-22)9-13(12)6-7-20)19(3)14(10-21)4-5-17(23)18-2/h7-11,14H,4-6H2,1-3H3,(H,18,23). The van der Waals surface area contributed by atoms with Crippen molar-refractivity contribution in [3.8, 4) is 5.75 Å². The number of aldehydes is 2. The van der Waals surface area contributed by atoms with Gasteiger partial charge in [0.1, 0.15) is 12.6 Å². The number of hydrogen-bond acceptors (Lipinski definition) is 6. The molecule has 1 N–H and O–H groups in total. The lowest BCUT2D eigenvalue weighted by Gasteiger charge is -2.28. The fourth-order valence-electron chi connectivity index (χ4n) is 2.38. The molecule has 0 aliphatic heterocycles. The fourth-order valence-corrected chi connectivity index (χ4v) is 2.38. The summed E-state index contributed by atoms with van der Waals surface area (Å²) < 4.78 is 5.01. The molecule has 1 unspecified atom stereocenters. The van der Waals surface area contributed by atoms with Gasteiger partial charge in [-0.2, -0.15) is 0 Å². The topological polar surface area (TPSA) is 92.8 Å². The summed E-state index contributed by atoms with van der Waals surface area (Å²) in [5, 5.41) is 2.51. The van der Waals surface area contributed by atoms with Crippen LogP contribution in [-0.2, 0) is 25.6 Å². The summed E-state index contributed by atoms with van der Waals surface area (Å²) >= 11 is 0. The number of anilines is 1. The monoisotopic (exact) mass is 334 g/mol. The maximum absolute atomic E-state index is 11.4. The quantitative estimate of drug-likeness (QED) is 0.636. The van der Waals surface area contributed by atoms with E-state index in [1.165, 1.54) is 7.05 Å². The predicted molar refractivity (Wildman–Crippen MR) is 89.2 cm³/mol. The van der Waals surface area contributed by atoms with Gasteiger partial charge in [0.2, 0.25) is 5.91 Å². The maximum Gasteiger partial charge on any atom is 0.298 e. The van der Waals surface area contributed by atoms with Crippen LogP contribution in [0.5, 0.6) is 5.75 Å². The Morgan fingerprint density at radius 2 is 2.04 bits per heavy atom. The molecule has 1 amide bonds. The zero-order valence-corrected chi connectivity index (χ0v) is 14.1. The molecule has 1 aromatic carbocycles. The molecular formula is C17H22N2O5. The number of nitrogens with one attached hydrogen (secondary N) is 1. The van der Waals surface area contributed by atoms with Crippen LogP contribution in [0.25, 0.3) is 0 Å². The minimum Gasteiger partial charge on any atom is -0.427 e. The van der Waals surface area contributed by atoms with E-state index in [2.05, 4.69) is 5.32 Å². The number of nitrogens with zero attached hydrogens (tertiary/aromatic N) is 1. The van der Waals surface area contributed by atoms with Gasteiger partial charge in [-0.1, -0.05) is 0 Å². The van der Waals surface area contributed by atoms with E-state index in [1.54, 1.807) is 24.1 Å². The largest absolute Gasteiger partial charge is 0.427 e.